The molecule has 0 bridgehead atoms. The van der Waals surface area contributed by atoms with Crippen LogP contribution in [0.2, 0.25) is 0 Å². The lowest BCUT2D eigenvalue weighted by atomic mass is 10.1. The first-order valence-corrected chi connectivity index (χ1v) is 7.05. The lowest BCUT2D eigenvalue weighted by Gasteiger charge is -2.35. The first-order chi connectivity index (χ1) is 9.63. The van der Waals surface area contributed by atoms with Gasteiger partial charge >= 0.3 is 0 Å². The number of piperazine rings is 1. The van der Waals surface area contributed by atoms with Gasteiger partial charge in [0.2, 0.25) is 0 Å². The summed E-state index contributed by atoms with van der Waals surface area (Å²) >= 11 is 0. The maximum atomic E-state index is 5.45. The minimum atomic E-state index is 0.184. The number of likely N-dealkylation sites (N-methyl/N-ethyl adjacent to an activating group) is 1. The Balaban J connectivity index is 2.05. The Hall–Kier alpha value is -1.30. The standard InChI is InChI=1S/C15H25N3O2/c1-12(16-18-9-7-17(2)8-10-18)14-11-13(19-3)5-6-15(14)20-4/h5-6,11-12,16H,7-10H2,1-4H3. The van der Waals surface area contributed by atoms with Crippen LogP contribution in [0.4, 0.5) is 0 Å². The minimum Gasteiger partial charge on any atom is -0.497 e. The SMILES string of the molecule is COc1ccc(OC)c(C(C)NN2CCN(C)CC2)c1. The molecule has 1 aliphatic rings. The lowest BCUT2D eigenvalue weighted by Crippen LogP contribution is -2.51. The van der Waals surface area contributed by atoms with Gasteiger partial charge < -0.3 is 14.4 Å². The van der Waals surface area contributed by atoms with E-state index in [4.69, 9.17) is 9.47 Å². The van der Waals surface area contributed by atoms with Crippen LogP contribution in [-0.4, -0.2) is 57.4 Å². The van der Waals surface area contributed by atoms with Crippen molar-refractivity contribution in [2.24, 2.45) is 0 Å². The highest BCUT2D eigenvalue weighted by atomic mass is 16.5. The van der Waals surface area contributed by atoms with Gasteiger partial charge in [-0.05, 0) is 32.2 Å². The van der Waals surface area contributed by atoms with E-state index in [0.29, 0.717) is 0 Å². The summed E-state index contributed by atoms with van der Waals surface area (Å²) in [7, 11) is 5.55. The molecule has 20 heavy (non-hydrogen) atoms. The summed E-state index contributed by atoms with van der Waals surface area (Å²) in [6.07, 6.45) is 0. The fourth-order valence-electron chi connectivity index (χ4n) is 2.46. The Morgan fingerprint density at radius 2 is 1.80 bits per heavy atom. The number of hydrazine groups is 1. The van der Waals surface area contributed by atoms with Crippen LogP contribution in [0, 0.1) is 0 Å². The van der Waals surface area contributed by atoms with Crippen LogP contribution in [0.5, 0.6) is 11.5 Å². The highest BCUT2D eigenvalue weighted by Gasteiger charge is 2.18. The molecule has 1 unspecified atom stereocenters. The van der Waals surface area contributed by atoms with Gasteiger partial charge in [0.25, 0.3) is 0 Å². The van der Waals surface area contributed by atoms with Gasteiger partial charge in [0, 0.05) is 37.8 Å². The number of rotatable bonds is 5. The maximum absolute atomic E-state index is 5.45. The van der Waals surface area contributed by atoms with E-state index < -0.39 is 0 Å². The Bertz CT molecular complexity index is 431. The van der Waals surface area contributed by atoms with E-state index in [2.05, 4.69) is 29.3 Å². The Kier molecular flexibility index (Phi) is 5.23. The molecule has 1 atom stereocenters. The summed E-state index contributed by atoms with van der Waals surface area (Å²) in [5, 5.41) is 2.28. The second kappa shape index (κ2) is 6.92. The van der Waals surface area contributed by atoms with E-state index in [-0.39, 0.29) is 6.04 Å². The van der Waals surface area contributed by atoms with Crippen LogP contribution in [0.1, 0.15) is 18.5 Å². The van der Waals surface area contributed by atoms with Gasteiger partial charge in [0.05, 0.1) is 14.2 Å². The maximum Gasteiger partial charge on any atom is 0.123 e. The molecule has 0 radical (unpaired) electrons. The van der Waals surface area contributed by atoms with E-state index >= 15 is 0 Å². The summed E-state index contributed by atoms with van der Waals surface area (Å²) in [5.41, 5.74) is 4.67. The molecule has 1 saturated heterocycles. The molecule has 1 aromatic carbocycles. The third kappa shape index (κ3) is 3.62. The van der Waals surface area contributed by atoms with E-state index in [0.717, 1.165) is 43.2 Å². The minimum absolute atomic E-state index is 0.184. The van der Waals surface area contributed by atoms with Gasteiger partial charge in [-0.15, -0.1) is 0 Å². The topological polar surface area (TPSA) is 37.0 Å². The van der Waals surface area contributed by atoms with Crippen molar-refractivity contribution in [2.45, 2.75) is 13.0 Å². The van der Waals surface area contributed by atoms with E-state index in [9.17, 15) is 0 Å². The zero-order chi connectivity index (χ0) is 14.5. The van der Waals surface area contributed by atoms with Crippen molar-refractivity contribution >= 4 is 0 Å². The van der Waals surface area contributed by atoms with Crippen LogP contribution in [0.3, 0.4) is 0 Å². The molecule has 1 aromatic rings. The van der Waals surface area contributed by atoms with Gasteiger partial charge in [-0.3, -0.25) is 0 Å². The van der Waals surface area contributed by atoms with Crippen molar-refractivity contribution < 1.29 is 9.47 Å². The van der Waals surface area contributed by atoms with E-state index in [1.807, 2.05) is 18.2 Å². The lowest BCUT2D eigenvalue weighted by molar-refractivity contribution is 0.0893. The second-order valence-corrected chi connectivity index (χ2v) is 5.25. The molecule has 5 nitrogen and oxygen atoms in total. The zero-order valence-corrected chi connectivity index (χ0v) is 12.8. The number of nitrogens with zero attached hydrogens (tertiary/aromatic N) is 2. The van der Waals surface area contributed by atoms with Crippen molar-refractivity contribution in [1.29, 1.82) is 0 Å². The van der Waals surface area contributed by atoms with E-state index in [1.54, 1.807) is 14.2 Å². The molecule has 0 saturated carbocycles. The molecular weight excluding hydrogens is 254 g/mol. The van der Waals surface area contributed by atoms with Gasteiger partial charge in [-0.25, -0.2) is 10.4 Å². The van der Waals surface area contributed by atoms with Gasteiger partial charge in [-0.2, -0.15) is 0 Å². The predicted molar refractivity (Wildman–Crippen MR) is 80.2 cm³/mol. The van der Waals surface area contributed by atoms with Crippen molar-refractivity contribution in [1.82, 2.24) is 15.3 Å². The Labute approximate surface area is 121 Å². The van der Waals surface area contributed by atoms with Gasteiger partial charge in [0.15, 0.2) is 0 Å². The van der Waals surface area contributed by atoms with Gasteiger partial charge in [-0.1, -0.05) is 0 Å². The fraction of sp³-hybridized carbons (Fsp3) is 0.600. The zero-order valence-electron chi connectivity index (χ0n) is 12.8. The molecule has 1 N–H and O–H groups in total. The Morgan fingerprint density at radius 3 is 2.40 bits per heavy atom. The normalized spacial score (nSPS) is 18.8. The van der Waals surface area contributed by atoms with Crippen molar-refractivity contribution in [3.05, 3.63) is 23.8 Å². The second-order valence-electron chi connectivity index (χ2n) is 5.25. The highest BCUT2D eigenvalue weighted by molar-refractivity contribution is 5.42. The molecule has 1 aliphatic heterocycles. The summed E-state index contributed by atoms with van der Waals surface area (Å²) in [4.78, 5) is 2.34. The molecule has 5 heteroatoms. The molecule has 0 aliphatic carbocycles. The average Bonchev–Trinajstić information content (AvgIpc) is 2.48. The van der Waals surface area contributed by atoms with Crippen LogP contribution in [-0.2, 0) is 0 Å². The number of nitrogens with one attached hydrogen (secondary N) is 1. The number of hydrogen-bond donors (Lipinski definition) is 1. The summed E-state index contributed by atoms with van der Waals surface area (Å²) in [6, 6.07) is 6.09. The van der Waals surface area contributed by atoms with E-state index in [1.165, 1.54) is 0 Å². The first kappa shape index (κ1) is 15.1. The quantitative estimate of drug-likeness (QED) is 0.884. The van der Waals surface area contributed by atoms with Crippen molar-refractivity contribution in [2.75, 3.05) is 47.4 Å². The summed E-state index contributed by atoms with van der Waals surface area (Å²) in [5.74, 6) is 1.74. The molecule has 1 heterocycles. The molecule has 0 spiro atoms. The molecular formula is C15H25N3O2. The fourth-order valence-corrected chi connectivity index (χ4v) is 2.46. The van der Waals surface area contributed by atoms with Crippen LogP contribution < -0.4 is 14.9 Å². The number of ether oxygens (including phenoxy) is 2. The summed E-state index contributed by atoms with van der Waals surface area (Å²) in [6.45, 7) is 6.40. The molecule has 1 fully saturated rings. The highest BCUT2D eigenvalue weighted by Crippen LogP contribution is 2.29. The smallest absolute Gasteiger partial charge is 0.123 e. The van der Waals surface area contributed by atoms with Crippen molar-refractivity contribution in [3.8, 4) is 11.5 Å². The Morgan fingerprint density at radius 1 is 1.10 bits per heavy atom. The molecule has 112 valence electrons. The largest absolute Gasteiger partial charge is 0.497 e. The van der Waals surface area contributed by atoms with Crippen LogP contribution in [0.25, 0.3) is 0 Å². The predicted octanol–water partition coefficient (Wildman–Crippen LogP) is 1.52. The first-order valence-electron chi connectivity index (χ1n) is 7.05. The van der Waals surface area contributed by atoms with Crippen LogP contribution >= 0.6 is 0 Å². The average molecular weight is 279 g/mol. The summed E-state index contributed by atoms with van der Waals surface area (Å²) < 4.78 is 10.8. The molecule has 0 amide bonds. The van der Waals surface area contributed by atoms with Crippen LogP contribution in [0.15, 0.2) is 18.2 Å². The third-order valence-corrected chi connectivity index (χ3v) is 3.78. The molecule has 0 aromatic heterocycles. The number of benzene rings is 1. The number of methoxy groups -OCH3 is 2. The molecule has 2 rings (SSSR count). The number of hydrogen-bond acceptors (Lipinski definition) is 5. The monoisotopic (exact) mass is 279 g/mol. The third-order valence-electron chi connectivity index (χ3n) is 3.78. The van der Waals surface area contributed by atoms with Crippen molar-refractivity contribution in [3.63, 3.8) is 0 Å². The van der Waals surface area contributed by atoms with Gasteiger partial charge in [0.1, 0.15) is 11.5 Å².